The van der Waals surface area contributed by atoms with E-state index in [1.165, 1.54) is 31.4 Å². The van der Waals surface area contributed by atoms with E-state index >= 15 is 8.78 Å². The number of rotatable bonds is 9. The van der Waals surface area contributed by atoms with E-state index in [1.807, 2.05) is 4.90 Å². The van der Waals surface area contributed by atoms with Crippen LogP contribution in [0.1, 0.15) is 50.5 Å². The molecule has 15 heteroatoms. The van der Waals surface area contributed by atoms with Crippen LogP contribution in [0.25, 0.3) is 32.9 Å². The number of carbonyl (C=O) groups is 1. The lowest BCUT2D eigenvalue weighted by molar-refractivity contribution is 0.107. The second-order valence-corrected chi connectivity index (χ2v) is 15.7. The average molecular weight is 760 g/mol. The van der Waals surface area contributed by atoms with Crippen LogP contribution >= 0.6 is 0 Å². The highest BCUT2D eigenvalue weighted by atomic mass is 19.1. The second kappa shape index (κ2) is 13.6. The Morgan fingerprint density at radius 3 is 2.44 bits per heavy atom. The summed E-state index contributed by atoms with van der Waals surface area (Å²) in [7, 11) is 1.38. The molecule has 2 N–H and O–H groups in total. The van der Waals surface area contributed by atoms with Crippen molar-refractivity contribution in [2.45, 2.75) is 75.4 Å². The summed E-state index contributed by atoms with van der Waals surface area (Å²) in [6.07, 6.45) is 8.52. The van der Waals surface area contributed by atoms with E-state index < -0.39 is 30.0 Å². The molecule has 4 atom stereocenters. The average Bonchev–Trinajstić information content (AvgIpc) is 4.09. The van der Waals surface area contributed by atoms with Crippen molar-refractivity contribution in [2.24, 2.45) is 5.41 Å². The number of phenolic OH excluding ortho intramolecular Hbond substituents is 1. The summed E-state index contributed by atoms with van der Waals surface area (Å²) in [5.74, 6) is 0.861. The number of aromatic nitrogens is 3. The summed E-state index contributed by atoms with van der Waals surface area (Å²) in [4.78, 5) is 33.3. The van der Waals surface area contributed by atoms with E-state index in [-0.39, 0.29) is 80.9 Å². The molecule has 5 aliphatic rings. The molecule has 11 nitrogen and oxygen atoms in total. The maximum absolute atomic E-state index is 17.3. The zero-order valence-corrected chi connectivity index (χ0v) is 30.3. The van der Waals surface area contributed by atoms with Crippen LogP contribution in [-0.2, 0) is 0 Å². The third-order valence-corrected chi connectivity index (χ3v) is 11.9. The lowest BCUT2D eigenvalue weighted by Gasteiger charge is -2.41. The summed E-state index contributed by atoms with van der Waals surface area (Å²) in [6, 6.07) is 4.05. The minimum absolute atomic E-state index is 0.0201. The number of nitrogens with one attached hydrogen (secondary N) is 1. The van der Waals surface area contributed by atoms with Crippen molar-refractivity contribution in [3.8, 4) is 41.2 Å². The fourth-order valence-corrected chi connectivity index (χ4v) is 8.71. The number of hydrogen-bond acceptors (Lipinski definition) is 9. The topological polar surface area (TPSA) is 116 Å². The molecule has 5 heterocycles. The van der Waals surface area contributed by atoms with Crippen LogP contribution in [-0.4, -0.2) is 113 Å². The number of hydrogen-bond donors (Lipinski definition) is 2. The molecule has 288 valence electrons. The number of amides is 2. The molecule has 0 spiro atoms. The van der Waals surface area contributed by atoms with E-state index in [0.29, 0.717) is 56.6 Å². The van der Waals surface area contributed by atoms with Crippen molar-refractivity contribution in [1.82, 2.24) is 30.1 Å². The number of alkyl halides is 2. The van der Waals surface area contributed by atoms with E-state index in [1.54, 1.807) is 4.90 Å². The monoisotopic (exact) mass is 759 g/mol. The van der Waals surface area contributed by atoms with Gasteiger partial charge in [0.25, 0.3) is 0 Å². The molecule has 3 aliphatic heterocycles. The van der Waals surface area contributed by atoms with Gasteiger partial charge in [0.15, 0.2) is 5.82 Å². The fraction of sp³-hybridized carbons (Fsp3) is 0.500. The third-order valence-electron chi connectivity index (χ3n) is 11.9. The van der Waals surface area contributed by atoms with Gasteiger partial charge < -0.3 is 34.6 Å². The lowest BCUT2D eigenvalue weighted by Crippen LogP contribution is -2.58. The SMILES string of the molecule is C#Cc1c(F)ccc2cc(O)cc(-c3nc(OC)c4c(N5CC6CCC(C5)N6C(=O)N[C@@H]5C[C@H]5F)nc(OCC5(CN6CCC(F)CC6)CC5)nc4c3F)c12. The number of anilines is 1. The van der Waals surface area contributed by atoms with Gasteiger partial charge in [-0.25, -0.2) is 27.3 Å². The predicted molar refractivity (Wildman–Crippen MR) is 197 cm³/mol. The molecule has 55 heavy (non-hydrogen) atoms. The highest BCUT2D eigenvalue weighted by molar-refractivity contribution is 6.04. The molecule has 3 saturated heterocycles. The van der Waals surface area contributed by atoms with Crippen LogP contribution in [0, 0.1) is 29.4 Å². The Labute approximate surface area is 315 Å². The highest BCUT2D eigenvalue weighted by Crippen LogP contribution is 2.48. The first kappa shape index (κ1) is 35.6. The number of halogens is 4. The van der Waals surface area contributed by atoms with Gasteiger partial charge in [0, 0.05) is 55.5 Å². The number of urea groups is 1. The maximum atomic E-state index is 17.3. The Hall–Kier alpha value is -5.10. The number of carbonyl (C=O) groups excluding carboxylic acids is 1. The number of methoxy groups -OCH3 is 1. The Balaban J connectivity index is 1.13. The third kappa shape index (κ3) is 6.47. The van der Waals surface area contributed by atoms with Crippen LogP contribution in [0.2, 0.25) is 0 Å². The molecular weight excluding hydrogens is 718 g/mol. The normalized spacial score (nSPS) is 24.6. The van der Waals surface area contributed by atoms with Crippen LogP contribution in [0.5, 0.6) is 17.6 Å². The van der Waals surface area contributed by atoms with E-state index in [0.717, 1.165) is 32.2 Å². The van der Waals surface area contributed by atoms with Gasteiger partial charge in [0.05, 0.1) is 37.4 Å². The number of fused-ring (bicyclic) bond motifs is 4. The van der Waals surface area contributed by atoms with Crippen LogP contribution in [0.3, 0.4) is 0 Å². The summed E-state index contributed by atoms with van der Waals surface area (Å²) in [5, 5.41) is 14.2. The minimum Gasteiger partial charge on any atom is -0.508 e. The molecule has 4 aromatic rings. The molecule has 2 saturated carbocycles. The zero-order chi connectivity index (χ0) is 38.2. The van der Waals surface area contributed by atoms with Crippen LogP contribution < -0.4 is 19.7 Å². The minimum atomic E-state index is -1.03. The number of pyridine rings is 1. The van der Waals surface area contributed by atoms with Gasteiger partial charge in [-0.05, 0) is 62.1 Å². The Bertz CT molecular complexity index is 2230. The molecule has 2 amide bonds. The summed E-state index contributed by atoms with van der Waals surface area (Å²) >= 11 is 0. The molecule has 2 aromatic carbocycles. The molecule has 9 rings (SSSR count). The lowest BCUT2D eigenvalue weighted by atomic mass is 9.95. The van der Waals surface area contributed by atoms with Crippen LogP contribution in [0.4, 0.5) is 28.2 Å². The van der Waals surface area contributed by atoms with Crippen molar-refractivity contribution >= 4 is 33.5 Å². The standard InChI is InChI=1S/C40H41F4N7O4/c1-3-26-28(42)7-4-21-14-25(52)15-27(31(21)26)34-33(44)35-32(37(46-34)54-2)36(50-17-23-5-6-24(18-50)51(23)39(53)45-30-16-29(30)43)48-38(47-35)55-20-40(10-11-40)19-49-12-8-22(41)9-13-49/h1,4,7,14-15,22-24,29-30,52H,5-6,8-13,16-20H2,2H3,(H,45,53)/t23?,24?,29-,30-/m1/s1. The van der Waals surface area contributed by atoms with Gasteiger partial charge in [-0.15, -0.1) is 6.42 Å². The smallest absolute Gasteiger partial charge is 0.319 e. The Morgan fingerprint density at radius 1 is 1.05 bits per heavy atom. The summed E-state index contributed by atoms with van der Waals surface area (Å²) in [5.41, 5.74) is -0.685. The number of likely N-dealkylation sites (tertiary alicyclic amines) is 1. The Morgan fingerprint density at radius 2 is 1.78 bits per heavy atom. The number of piperidine rings is 1. The van der Waals surface area contributed by atoms with Crippen molar-refractivity contribution in [3.05, 3.63) is 41.5 Å². The predicted octanol–water partition coefficient (Wildman–Crippen LogP) is 5.88. The first-order valence-electron chi connectivity index (χ1n) is 18.9. The van der Waals surface area contributed by atoms with Gasteiger partial charge in [0.1, 0.15) is 46.3 Å². The van der Waals surface area contributed by atoms with Gasteiger partial charge in [-0.3, -0.25) is 0 Å². The van der Waals surface area contributed by atoms with Gasteiger partial charge in [0.2, 0.25) is 5.88 Å². The van der Waals surface area contributed by atoms with Crippen molar-refractivity contribution in [3.63, 3.8) is 0 Å². The van der Waals surface area contributed by atoms with Gasteiger partial charge in [-0.1, -0.05) is 12.0 Å². The van der Waals surface area contributed by atoms with Crippen molar-refractivity contribution < 1.29 is 36.9 Å². The second-order valence-electron chi connectivity index (χ2n) is 15.7. The maximum Gasteiger partial charge on any atom is 0.319 e. The van der Waals surface area contributed by atoms with E-state index in [4.69, 9.17) is 20.9 Å². The molecule has 2 unspecified atom stereocenters. The van der Waals surface area contributed by atoms with Crippen molar-refractivity contribution in [2.75, 3.05) is 51.3 Å². The molecule has 2 aliphatic carbocycles. The molecule has 2 aromatic heterocycles. The quantitative estimate of drug-likeness (QED) is 0.159. The number of nitrogens with zero attached hydrogens (tertiary/aromatic N) is 6. The summed E-state index contributed by atoms with van der Waals surface area (Å²) < 4.78 is 72.0. The fourth-order valence-electron chi connectivity index (χ4n) is 8.71. The molecule has 0 radical (unpaired) electrons. The summed E-state index contributed by atoms with van der Waals surface area (Å²) in [6.45, 7) is 3.06. The number of piperazine rings is 1. The highest BCUT2D eigenvalue weighted by Gasteiger charge is 2.48. The molecule has 5 fully saturated rings. The number of phenols is 1. The first-order chi connectivity index (χ1) is 26.5. The van der Waals surface area contributed by atoms with Gasteiger partial charge >= 0.3 is 12.0 Å². The first-order valence-corrected chi connectivity index (χ1v) is 18.9. The number of ether oxygens (including phenoxy) is 2. The molecular formula is C40H41F4N7O4. The van der Waals surface area contributed by atoms with E-state index in [2.05, 4.69) is 26.1 Å². The zero-order valence-electron chi connectivity index (χ0n) is 30.3. The van der Waals surface area contributed by atoms with E-state index in [9.17, 15) is 18.7 Å². The largest absolute Gasteiger partial charge is 0.508 e. The number of terminal acetylenes is 1. The Kier molecular flexibility index (Phi) is 8.79. The number of aromatic hydroxyl groups is 1. The number of benzene rings is 2. The van der Waals surface area contributed by atoms with Gasteiger partial charge in [-0.2, -0.15) is 9.97 Å². The van der Waals surface area contributed by atoms with Crippen molar-refractivity contribution in [1.29, 1.82) is 0 Å². The van der Waals surface area contributed by atoms with Crippen LogP contribution in [0.15, 0.2) is 24.3 Å². The molecule has 2 bridgehead atoms.